The number of para-hydroxylation sites is 2. The lowest BCUT2D eigenvalue weighted by atomic mass is 10.2. The van der Waals surface area contributed by atoms with Crippen LogP contribution < -0.4 is 20.9 Å². The van der Waals surface area contributed by atoms with Gasteiger partial charge in [0.05, 0.1) is 18.8 Å². The van der Waals surface area contributed by atoms with Crippen molar-refractivity contribution in [3.05, 3.63) is 35.3 Å². The minimum Gasteiger partial charge on any atom is -0.491 e. The van der Waals surface area contributed by atoms with E-state index in [0.717, 1.165) is 42.7 Å². The van der Waals surface area contributed by atoms with E-state index in [1.54, 1.807) is 11.3 Å². The van der Waals surface area contributed by atoms with Gasteiger partial charge in [-0.25, -0.2) is 10.8 Å². The van der Waals surface area contributed by atoms with Crippen molar-refractivity contribution in [2.45, 2.75) is 13.0 Å². The number of nitrogens with two attached hydrogens (primary N) is 1. The Labute approximate surface area is 116 Å². The molecule has 5 nitrogen and oxygen atoms in total. The molecule has 1 aromatic heterocycles. The number of nitrogens with zero attached hydrogens (tertiary/aromatic N) is 2. The molecule has 0 spiro atoms. The van der Waals surface area contributed by atoms with E-state index >= 15 is 0 Å². The molecule has 1 aromatic carbocycles. The molecule has 0 fully saturated rings. The van der Waals surface area contributed by atoms with E-state index in [1.807, 2.05) is 24.4 Å². The highest BCUT2D eigenvalue weighted by atomic mass is 32.1. The van der Waals surface area contributed by atoms with Crippen LogP contribution in [0.1, 0.15) is 11.3 Å². The standard InChI is InChI=1S/C13H16N4OS/c14-16-13-15-8-10(19-13)9-17-6-3-7-18-12-5-2-1-4-11(12)17/h1-2,4-5,8H,3,6-7,9,14H2,(H,15,16). The van der Waals surface area contributed by atoms with E-state index in [2.05, 4.69) is 21.4 Å². The second kappa shape index (κ2) is 5.46. The molecule has 6 heteroatoms. The molecule has 0 aliphatic carbocycles. The Kier molecular flexibility index (Phi) is 3.52. The predicted octanol–water partition coefficient (Wildman–Crippen LogP) is 2.22. The zero-order chi connectivity index (χ0) is 13.1. The summed E-state index contributed by atoms with van der Waals surface area (Å²) in [4.78, 5) is 7.72. The largest absolute Gasteiger partial charge is 0.491 e. The number of hydrazine groups is 1. The zero-order valence-corrected chi connectivity index (χ0v) is 11.3. The van der Waals surface area contributed by atoms with E-state index in [9.17, 15) is 0 Å². The molecular formula is C13H16N4OS. The van der Waals surface area contributed by atoms with Gasteiger partial charge in [-0.05, 0) is 18.6 Å². The Hall–Kier alpha value is -1.79. The lowest BCUT2D eigenvalue weighted by Gasteiger charge is -2.22. The summed E-state index contributed by atoms with van der Waals surface area (Å²) in [7, 11) is 0. The number of ether oxygens (including phenoxy) is 1. The molecule has 0 radical (unpaired) electrons. The molecule has 0 atom stereocenters. The summed E-state index contributed by atoms with van der Waals surface area (Å²) in [6, 6.07) is 8.17. The number of aromatic nitrogens is 1. The lowest BCUT2D eigenvalue weighted by molar-refractivity contribution is 0.322. The van der Waals surface area contributed by atoms with Crippen LogP contribution in [0.2, 0.25) is 0 Å². The third-order valence-corrected chi connectivity index (χ3v) is 3.97. The fourth-order valence-corrected chi connectivity index (χ4v) is 2.94. The topological polar surface area (TPSA) is 63.4 Å². The van der Waals surface area contributed by atoms with Crippen molar-refractivity contribution in [2.75, 3.05) is 23.5 Å². The van der Waals surface area contributed by atoms with Crippen LogP contribution in [0.15, 0.2) is 30.5 Å². The summed E-state index contributed by atoms with van der Waals surface area (Å²) in [6.07, 6.45) is 2.89. The van der Waals surface area contributed by atoms with Crippen LogP contribution in [0, 0.1) is 0 Å². The van der Waals surface area contributed by atoms with Crippen molar-refractivity contribution in [1.29, 1.82) is 0 Å². The van der Waals surface area contributed by atoms with Gasteiger partial charge in [-0.15, -0.1) is 0 Å². The number of fused-ring (bicyclic) bond motifs is 1. The average molecular weight is 276 g/mol. The average Bonchev–Trinajstić information content (AvgIpc) is 2.80. The fourth-order valence-electron chi connectivity index (χ4n) is 2.20. The van der Waals surface area contributed by atoms with Crippen LogP contribution in [0.3, 0.4) is 0 Å². The quantitative estimate of drug-likeness (QED) is 0.665. The molecule has 0 unspecified atom stereocenters. The SMILES string of the molecule is NNc1ncc(CN2CCCOc3ccccc32)s1. The number of anilines is 2. The molecule has 0 amide bonds. The van der Waals surface area contributed by atoms with Gasteiger partial charge in [-0.1, -0.05) is 23.5 Å². The first kappa shape index (κ1) is 12.3. The summed E-state index contributed by atoms with van der Waals surface area (Å²) >= 11 is 1.58. The van der Waals surface area contributed by atoms with Gasteiger partial charge in [0.2, 0.25) is 0 Å². The fraction of sp³-hybridized carbons (Fsp3) is 0.308. The number of nitrogen functional groups attached to an aromatic ring is 1. The van der Waals surface area contributed by atoms with Gasteiger partial charge in [0.15, 0.2) is 5.13 Å². The second-order valence-electron chi connectivity index (χ2n) is 4.37. The molecule has 2 heterocycles. The molecule has 0 bridgehead atoms. The maximum absolute atomic E-state index is 5.76. The minimum atomic E-state index is 0.745. The number of rotatable bonds is 3. The van der Waals surface area contributed by atoms with E-state index in [-0.39, 0.29) is 0 Å². The number of hydrogen-bond donors (Lipinski definition) is 2. The van der Waals surface area contributed by atoms with Crippen molar-refractivity contribution >= 4 is 22.2 Å². The van der Waals surface area contributed by atoms with E-state index < -0.39 is 0 Å². The van der Waals surface area contributed by atoms with Gasteiger partial charge in [0.1, 0.15) is 5.75 Å². The molecule has 1 aliphatic heterocycles. The van der Waals surface area contributed by atoms with Gasteiger partial charge >= 0.3 is 0 Å². The maximum Gasteiger partial charge on any atom is 0.197 e. The maximum atomic E-state index is 5.76. The summed E-state index contributed by atoms with van der Waals surface area (Å²) in [5.41, 5.74) is 3.73. The Morgan fingerprint density at radius 2 is 2.32 bits per heavy atom. The third-order valence-electron chi connectivity index (χ3n) is 3.06. The van der Waals surface area contributed by atoms with Gasteiger partial charge < -0.3 is 9.64 Å². The Balaban J connectivity index is 1.83. The summed E-state index contributed by atoms with van der Waals surface area (Å²) in [5.74, 6) is 6.32. The first-order valence-corrected chi connectivity index (χ1v) is 7.06. The van der Waals surface area contributed by atoms with Gasteiger partial charge in [-0.2, -0.15) is 0 Å². The van der Waals surface area contributed by atoms with Crippen LogP contribution in [0.5, 0.6) is 5.75 Å². The van der Waals surface area contributed by atoms with Crippen molar-refractivity contribution < 1.29 is 4.74 Å². The number of benzene rings is 1. The lowest BCUT2D eigenvalue weighted by Crippen LogP contribution is -2.22. The van der Waals surface area contributed by atoms with Crippen molar-refractivity contribution in [2.24, 2.45) is 5.84 Å². The van der Waals surface area contributed by atoms with E-state index in [1.165, 1.54) is 4.88 Å². The van der Waals surface area contributed by atoms with Crippen molar-refractivity contribution in [3.8, 4) is 5.75 Å². The molecule has 3 N–H and O–H groups in total. The Morgan fingerprint density at radius 1 is 1.42 bits per heavy atom. The molecule has 0 saturated heterocycles. The van der Waals surface area contributed by atoms with Crippen LogP contribution in [0.25, 0.3) is 0 Å². The zero-order valence-electron chi connectivity index (χ0n) is 10.5. The van der Waals surface area contributed by atoms with E-state index in [0.29, 0.717) is 0 Å². The minimum absolute atomic E-state index is 0.745. The Morgan fingerprint density at radius 3 is 3.16 bits per heavy atom. The normalized spacial score (nSPS) is 14.5. The molecule has 3 rings (SSSR count). The van der Waals surface area contributed by atoms with Gasteiger partial charge in [-0.3, -0.25) is 5.43 Å². The number of hydrogen-bond acceptors (Lipinski definition) is 6. The molecule has 19 heavy (non-hydrogen) atoms. The predicted molar refractivity (Wildman–Crippen MR) is 77.5 cm³/mol. The van der Waals surface area contributed by atoms with Gasteiger partial charge in [0, 0.05) is 17.6 Å². The molecule has 100 valence electrons. The van der Waals surface area contributed by atoms with Gasteiger partial charge in [0.25, 0.3) is 0 Å². The molecule has 2 aromatic rings. The molecular weight excluding hydrogens is 260 g/mol. The Bertz CT molecular complexity index is 557. The monoisotopic (exact) mass is 276 g/mol. The number of nitrogens with one attached hydrogen (secondary N) is 1. The van der Waals surface area contributed by atoms with Crippen molar-refractivity contribution in [1.82, 2.24) is 4.98 Å². The highest BCUT2D eigenvalue weighted by Gasteiger charge is 2.16. The second-order valence-corrected chi connectivity index (χ2v) is 5.48. The molecule has 1 aliphatic rings. The van der Waals surface area contributed by atoms with Crippen LogP contribution in [-0.2, 0) is 6.54 Å². The van der Waals surface area contributed by atoms with Crippen molar-refractivity contribution in [3.63, 3.8) is 0 Å². The highest BCUT2D eigenvalue weighted by Crippen LogP contribution is 2.32. The first-order valence-electron chi connectivity index (χ1n) is 6.25. The summed E-state index contributed by atoms with van der Waals surface area (Å²) in [6.45, 7) is 2.59. The van der Waals surface area contributed by atoms with Crippen LogP contribution in [0.4, 0.5) is 10.8 Å². The summed E-state index contributed by atoms with van der Waals surface area (Å²) in [5, 5.41) is 0.745. The number of thiazole rings is 1. The smallest absolute Gasteiger partial charge is 0.197 e. The molecule has 0 saturated carbocycles. The third kappa shape index (κ3) is 2.64. The first-order chi connectivity index (χ1) is 9.36. The van der Waals surface area contributed by atoms with E-state index in [4.69, 9.17) is 10.6 Å². The summed E-state index contributed by atoms with van der Waals surface area (Å²) < 4.78 is 5.76. The highest BCUT2D eigenvalue weighted by molar-refractivity contribution is 7.15. The van der Waals surface area contributed by atoms with Crippen LogP contribution in [-0.4, -0.2) is 18.1 Å². The van der Waals surface area contributed by atoms with Crippen LogP contribution >= 0.6 is 11.3 Å².